The van der Waals surface area contributed by atoms with E-state index in [-0.39, 0.29) is 6.61 Å². The van der Waals surface area contributed by atoms with Gasteiger partial charge in [-0.3, -0.25) is 4.79 Å². The number of esters is 1. The zero-order valence-corrected chi connectivity index (χ0v) is 11.4. The molecule has 0 bridgehead atoms. The highest BCUT2D eigenvalue weighted by Gasteiger charge is 2.17. The van der Waals surface area contributed by atoms with Crippen LogP contribution in [0.1, 0.15) is 33.1 Å². The summed E-state index contributed by atoms with van der Waals surface area (Å²) in [6, 6.07) is -0.625. The molecule has 2 N–H and O–H groups in total. The Kier molecular flexibility index (Phi) is 10.2. The molecule has 7 nitrogen and oxygen atoms in total. The highest BCUT2D eigenvalue weighted by atomic mass is 16.5. The lowest BCUT2D eigenvalue weighted by Gasteiger charge is -2.14. The number of alkyl carbamates (subject to hydrolysis) is 1. The lowest BCUT2D eigenvalue weighted by molar-refractivity contribution is -0.146. The van der Waals surface area contributed by atoms with E-state index < -0.39 is 18.1 Å². The Morgan fingerprint density at radius 2 is 1.84 bits per heavy atom. The number of hydrogen-bond acceptors (Lipinski definition) is 5. The van der Waals surface area contributed by atoms with E-state index in [9.17, 15) is 14.4 Å². The van der Waals surface area contributed by atoms with E-state index in [0.29, 0.717) is 38.8 Å². The standard InChI is InChI=1S/C12H22N2O5/c1-3-18-11(16)10(14-9-15)7-5-6-8-13-12(17)19-4-2/h9-10H,3-8H2,1-2H3,(H,13,17)(H,14,15)/t10-/m1/s1. The first-order valence-electron chi connectivity index (χ1n) is 6.42. The van der Waals surface area contributed by atoms with Gasteiger partial charge in [-0.1, -0.05) is 0 Å². The molecule has 0 radical (unpaired) electrons. The van der Waals surface area contributed by atoms with Crippen molar-refractivity contribution in [3.8, 4) is 0 Å². The predicted molar refractivity (Wildman–Crippen MR) is 68.5 cm³/mol. The molecule has 2 amide bonds. The summed E-state index contributed by atoms with van der Waals surface area (Å²) in [5.41, 5.74) is 0. The molecular weight excluding hydrogens is 252 g/mol. The van der Waals surface area contributed by atoms with Gasteiger partial charge < -0.3 is 20.1 Å². The van der Waals surface area contributed by atoms with Crippen molar-refractivity contribution in [1.82, 2.24) is 10.6 Å². The second-order valence-corrected chi connectivity index (χ2v) is 3.73. The topological polar surface area (TPSA) is 93.7 Å². The van der Waals surface area contributed by atoms with Gasteiger partial charge in [-0.05, 0) is 33.1 Å². The molecule has 0 aliphatic rings. The van der Waals surface area contributed by atoms with E-state index in [1.807, 2.05) is 0 Å². The van der Waals surface area contributed by atoms with Gasteiger partial charge in [-0.2, -0.15) is 0 Å². The fourth-order valence-electron chi connectivity index (χ4n) is 1.44. The number of amides is 2. The average molecular weight is 274 g/mol. The van der Waals surface area contributed by atoms with Gasteiger partial charge >= 0.3 is 12.1 Å². The van der Waals surface area contributed by atoms with Gasteiger partial charge in [0.05, 0.1) is 13.2 Å². The molecule has 19 heavy (non-hydrogen) atoms. The SMILES string of the molecule is CCOC(=O)NCCCC[C@@H](NC=O)C(=O)OCC. The Labute approximate surface area is 113 Å². The quantitative estimate of drug-likeness (QED) is 0.345. The maximum absolute atomic E-state index is 11.5. The Bertz CT molecular complexity index is 283. The van der Waals surface area contributed by atoms with Gasteiger partial charge in [0.1, 0.15) is 6.04 Å². The summed E-state index contributed by atoms with van der Waals surface area (Å²) >= 11 is 0. The van der Waals surface area contributed by atoms with E-state index in [4.69, 9.17) is 9.47 Å². The smallest absolute Gasteiger partial charge is 0.407 e. The fraction of sp³-hybridized carbons (Fsp3) is 0.750. The molecular formula is C12H22N2O5. The Balaban J connectivity index is 3.78. The van der Waals surface area contributed by atoms with Crippen LogP contribution in [0.3, 0.4) is 0 Å². The van der Waals surface area contributed by atoms with E-state index in [1.54, 1.807) is 13.8 Å². The third-order valence-electron chi connectivity index (χ3n) is 2.30. The molecule has 0 saturated heterocycles. The van der Waals surface area contributed by atoms with Crippen molar-refractivity contribution in [3.63, 3.8) is 0 Å². The molecule has 0 unspecified atom stereocenters. The summed E-state index contributed by atoms with van der Waals surface area (Å²) in [6.07, 6.45) is 1.88. The molecule has 0 heterocycles. The number of carbonyl (C=O) groups excluding carboxylic acids is 3. The van der Waals surface area contributed by atoms with Crippen LogP contribution < -0.4 is 10.6 Å². The van der Waals surface area contributed by atoms with E-state index in [1.165, 1.54) is 0 Å². The summed E-state index contributed by atoms with van der Waals surface area (Å²) in [5.74, 6) is -0.437. The second-order valence-electron chi connectivity index (χ2n) is 3.73. The maximum atomic E-state index is 11.5. The number of hydrogen-bond donors (Lipinski definition) is 2. The van der Waals surface area contributed by atoms with Crippen LogP contribution in [-0.4, -0.2) is 44.3 Å². The minimum Gasteiger partial charge on any atom is -0.464 e. The van der Waals surface area contributed by atoms with E-state index in [0.717, 1.165) is 0 Å². The van der Waals surface area contributed by atoms with Gasteiger partial charge in [-0.15, -0.1) is 0 Å². The zero-order valence-electron chi connectivity index (χ0n) is 11.4. The molecule has 0 spiro atoms. The van der Waals surface area contributed by atoms with Crippen LogP contribution in [0.15, 0.2) is 0 Å². The number of ether oxygens (including phenoxy) is 2. The van der Waals surface area contributed by atoms with Crippen LogP contribution in [0, 0.1) is 0 Å². The third-order valence-corrected chi connectivity index (χ3v) is 2.30. The fourth-order valence-corrected chi connectivity index (χ4v) is 1.44. The van der Waals surface area contributed by atoms with Crippen LogP contribution in [0.4, 0.5) is 4.79 Å². The van der Waals surface area contributed by atoms with Crippen molar-refractivity contribution in [3.05, 3.63) is 0 Å². The monoisotopic (exact) mass is 274 g/mol. The lowest BCUT2D eigenvalue weighted by atomic mass is 10.1. The molecule has 0 aromatic carbocycles. The summed E-state index contributed by atoms with van der Waals surface area (Å²) in [6.45, 7) is 4.52. The average Bonchev–Trinajstić information content (AvgIpc) is 2.37. The van der Waals surface area contributed by atoms with Crippen LogP contribution in [0.5, 0.6) is 0 Å². The van der Waals surface area contributed by atoms with Gasteiger partial charge in [0, 0.05) is 6.54 Å². The molecule has 0 rings (SSSR count). The lowest BCUT2D eigenvalue weighted by Crippen LogP contribution is -2.37. The number of carbonyl (C=O) groups is 3. The Morgan fingerprint density at radius 1 is 1.16 bits per heavy atom. The van der Waals surface area contributed by atoms with Crippen molar-refractivity contribution in [2.45, 2.75) is 39.2 Å². The number of unbranched alkanes of at least 4 members (excludes halogenated alkanes) is 1. The largest absolute Gasteiger partial charge is 0.464 e. The summed E-state index contributed by atoms with van der Waals surface area (Å²) in [4.78, 5) is 32.8. The van der Waals surface area contributed by atoms with Crippen LogP contribution in [0.2, 0.25) is 0 Å². The molecule has 1 atom stereocenters. The minimum atomic E-state index is -0.625. The van der Waals surface area contributed by atoms with Crippen molar-refractivity contribution in [1.29, 1.82) is 0 Å². The molecule has 0 saturated carbocycles. The van der Waals surface area contributed by atoms with Gasteiger partial charge in [0.2, 0.25) is 6.41 Å². The van der Waals surface area contributed by atoms with Crippen molar-refractivity contribution >= 4 is 18.5 Å². The Morgan fingerprint density at radius 3 is 2.42 bits per heavy atom. The van der Waals surface area contributed by atoms with Crippen molar-refractivity contribution < 1.29 is 23.9 Å². The first-order chi connectivity index (χ1) is 9.15. The minimum absolute atomic E-state index is 0.278. The van der Waals surface area contributed by atoms with Gasteiger partial charge in [0.15, 0.2) is 0 Å². The van der Waals surface area contributed by atoms with Gasteiger partial charge in [0.25, 0.3) is 0 Å². The molecule has 0 aliphatic heterocycles. The van der Waals surface area contributed by atoms with E-state index in [2.05, 4.69) is 10.6 Å². The summed E-state index contributed by atoms with van der Waals surface area (Å²) in [5, 5.41) is 5.00. The molecule has 0 aromatic rings. The first kappa shape index (κ1) is 17.2. The maximum Gasteiger partial charge on any atom is 0.407 e. The molecule has 0 aromatic heterocycles. The molecule has 7 heteroatoms. The molecule has 0 fully saturated rings. The summed E-state index contributed by atoms with van der Waals surface area (Å²) < 4.78 is 9.53. The second kappa shape index (κ2) is 11.3. The number of nitrogens with one attached hydrogen (secondary N) is 2. The van der Waals surface area contributed by atoms with Crippen molar-refractivity contribution in [2.24, 2.45) is 0 Å². The van der Waals surface area contributed by atoms with Crippen LogP contribution in [-0.2, 0) is 19.1 Å². The van der Waals surface area contributed by atoms with Gasteiger partial charge in [-0.25, -0.2) is 9.59 Å². The molecule has 0 aliphatic carbocycles. The number of rotatable bonds is 10. The zero-order chi connectivity index (χ0) is 14.5. The van der Waals surface area contributed by atoms with Crippen LogP contribution >= 0.6 is 0 Å². The highest BCUT2D eigenvalue weighted by molar-refractivity contribution is 5.78. The predicted octanol–water partition coefficient (Wildman–Crippen LogP) is 0.581. The van der Waals surface area contributed by atoms with E-state index >= 15 is 0 Å². The van der Waals surface area contributed by atoms with Crippen molar-refractivity contribution in [2.75, 3.05) is 19.8 Å². The Hall–Kier alpha value is -1.79. The first-order valence-corrected chi connectivity index (χ1v) is 6.42. The highest BCUT2D eigenvalue weighted by Crippen LogP contribution is 2.02. The third kappa shape index (κ3) is 8.87. The normalized spacial score (nSPS) is 11.3. The van der Waals surface area contributed by atoms with Crippen LogP contribution in [0.25, 0.3) is 0 Å². The summed E-state index contributed by atoms with van der Waals surface area (Å²) in [7, 11) is 0. The molecule has 110 valence electrons.